The van der Waals surface area contributed by atoms with Crippen molar-refractivity contribution in [1.82, 2.24) is 9.38 Å². The molecule has 0 saturated carbocycles. The predicted octanol–water partition coefficient (Wildman–Crippen LogP) is 1.51. The van der Waals surface area contributed by atoms with Crippen LogP contribution in [0.5, 0.6) is 0 Å². The van der Waals surface area contributed by atoms with Gasteiger partial charge in [-0.15, -0.1) is 0 Å². The number of carboxylic acid groups (broad SMARTS) is 1. The smallest absolute Gasteiger partial charge is 0.358 e. The van der Waals surface area contributed by atoms with Crippen LogP contribution in [0.4, 0.5) is 0 Å². The third-order valence-electron chi connectivity index (χ3n) is 2.38. The number of carboxylic acids is 1. The largest absolute Gasteiger partial charge is 0.481 e. The van der Waals surface area contributed by atoms with Gasteiger partial charge in [-0.3, -0.25) is 4.79 Å². The van der Waals surface area contributed by atoms with Crippen molar-refractivity contribution in [2.24, 2.45) is 0 Å². The summed E-state index contributed by atoms with van der Waals surface area (Å²) in [5.74, 6) is -1.34. The van der Waals surface area contributed by atoms with Crippen LogP contribution < -0.4 is 0 Å². The number of methoxy groups -OCH3 is 1. The molecule has 2 aromatic heterocycles. The monoisotopic (exact) mass is 312 g/mol. The van der Waals surface area contributed by atoms with Crippen LogP contribution in [-0.2, 0) is 16.0 Å². The third kappa shape index (κ3) is 2.08. The highest BCUT2D eigenvalue weighted by molar-refractivity contribution is 9.10. The fraction of sp³-hybridized carbons (Fsp3) is 0.182. The standard InChI is InChI=1S/C11H9BrN2O4/c1-18-11(17)9-10-6(12)3-2-4-14(10)7(13-9)5-8(15)16/h2-4H,5H2,1H3,(H,15,16). The van der Waals surface area contributed by atoms with Crippen LogP contribution in [-0.4, -0.2) is 33.5 Å². The molecule has 0 radical (unpaired) electrons. The zero-order chi connectivity index (χ0) is 13.3. The molecule has 94 valence electrons. The number of hydrogen-bond donors (Lipinski definition) is 1. The number of imidazole rings is 1. The van der Waals surface area contributed by atoms with Crippen LogP contribution in [0.25, 0.3) is 5.52 Å². The fourth-order valence-corrected chi connectivity index (χ4v) is 2.19. The Kier molecular flexibility index (Phi) is 3.33. The number of halogens is 1. The minimum atomic E-state index is -1.02. The lowest BCUT2D eigenvalue weighted by atomic mass is 10.3. The number of fused-ring (bicyclic) bond motifs is 1. The summed E-state index contributed by atoms with van der Waals surface area (Å²) in [6.07, 6.45) is 1.38. The molecule has 2 aromatic rings. The Morgan fingerprint density at radius 1 is 1.56 bits per heavy atom. The molecule has 0 aromatic carbocycles. The van der Waals surface area contributed by atoms with E-state index >= 15 is 0 Å². The SMILES string of the molecule is COC(=O)c1nc(CC(=O)O)n2cccc(Br)c12. The van der Waals surface area contributed by atoms with Crippen molar-refractivity contribution in [2.45, 2.75) is 6.42 Å². The maximum atomic E-state index is 11.6. The van der Waals surface area contributed by atoms with Gasteiger partial charge in [-0.05, 0) is 28.1 Å². The molecule has 6 nitrogen and oxygen atoms in total. The summed E-state index contributed by atoms with van der Waals surface area (Å²) >= 11 is 3.31. The van der Waals surface area contributed by atoms with Crippen LogP contribution in [0.1, 0.15) is 16.3 Å². The second kappa shape index (κ2) is 4.77. The predicted molar refractivity (Wildman–Crippen MR) is 65.6 cm³/mol. The Morgan fingerprint density at radius 2 is 2.28 bits per heavy atom. The van der Waals surface area contributed by atoms with Crippen LogP contribution in [0.3, 0.4) is 0 Å². The van der Waals surface area contributed by atoms with Crippen molar-refractivity contribution >= 4 is 33.4 Å². The molecular weight excluding hydrogens is 304 g/mol. The molecule has 0 aliphatic rings. The molecule has 2 heterocycles. The molecule has 2 rings (SSSR count). The van der Waals surface area contributed by atoms with Crippen molar-refractivity contribution < 1.29 is 19.4 Å². The third-order valence-corrected chi connectivity index (χ3v) is 3.02. The van der Waals surface area contributed by atoms with Crippen molar-refractivity contribution in [3.63, 3.8) is 0 Å². The molecule has 18 heavy (non-hydrogen) atoms. The van der Waals surface area contributed by atoms with Crippen LogP contribution in [0, 0.1) is 0 Å². The first-order chi connectivity index (χ1) is 8.54. The summed E-state index contributed by atoms with van der Waals surface area (Å²) in [4.78, 5) is 26.4. The number of nitrogens with zero attached hydrogens (tertiary/aromatic N) is 2. The molecule has 0 saturated heterocycles. The quantitative estimate of drug-likeness (QED) is 0.869. The Hall–Kier alpha value is -1.89. The lowest BCUT2D eigenvalue weighted by Gasteiger charge is -2.00. The average Bonchev–Trinajstić information content (AvgIpc) is 2.68. The lowest BCUT2D eigenvalue weighted by Crippen LogP contribution is -2.05. The van der Waals surface area contributed by atoms with E-state index in [9.17, 15) is 9.59 Å². The van der Waals surface area contributed by atoms with Gasteiger partial charge in [0.15, 0.2) is 5.69 Å². The van der Waals surface area contributed by atoms with E-state index < -0.39 is 11.9 Å². The first kappa shape index (κ1) is 12.6. The van der Waals surface area contributed by atoms with Gasteiger partial charge in [-0.25, -0.2) is 9.78 Å². The molecule has 1 N–H and O–H groups in total. The molecule has 0 atom stereocenters. The number of aliphatic carboxylic acids is 1. The average molecular weight is 313 g/mol. The molecule has 0 aliphatic carbocycles. The second-order valence-electron chi connectivity index (χ2n) is 3.51. The molecule has 0 spiro atoms. The van der Waals surface area contributed by atoms with E-state index in [2.05, 4.69) is 25.7 Å². The topological polar surface area (TPSA) is 80.9 Å². The van der Waals surface area contributed by atoms with Crippen molar-refractivity contribution in [1.29, 1.82) is 0 Å². The van der Waals surface area contributed by atoms with Crippen molar-refractivity contribution in [2.75, 3.05) is 7.11 Å². The highest BCUT2D eigenvalue weighted by Gasteiger charge is 2.20. The molecule has 0 fully saturated rings. The summed E-state index contributed by atoms with van der Waals surface area (Å²) < 4.78 is 6.84. The number of esters is 1. The van der Waals surface area contributed by atoms with E-state index in [4.69, 9.17) is 5.11 Å². The van der Waals surface area contributed by atoms with Gasteiger partial charge in [-0.2, -0.15) is 0 Å². The lowest BCUT2D eigenvalue weighted by molar-refractivity contribution is -0.136. The number of pyridine rings is 1. The van der Waals surface area contributed by atoms with E-state index in [0.29, 0.717) is 9.99 Å². The Bertz CT molecular complexity index is 635. The summed E-state index contributed by atoms with van der Waals surface area (Å²) in [5.41, 5.74) is 0.599. The highest BCUT2D eigenvalue weighted by Crippen LogP contribution is 2.23. The van der Waals surface area contributed by atoms with E-state index in [1.54, 1.807) is 22.7 Å². The summed E-state index contributed by atoms with van der Waals surface area (Å²) in [5, 5.41) is 8.82. The molecule has 0 unspecified atom stereocenters. The molecule has 7 heteroatoms. The molecule has 0 amide bonds. The van der Waals surface area contributed by atoms with Gasteiger partial charge < -0.3 is 14.2 Å². The van der Waals surface area contributed by atoms with Gasteiger partial charge in [0, 0.05) is 10.7 Å². The number of rotatable bonds is 3. The van der Waals surface area contributed by atoms with E-state index in [0.717, 1.165) is 0 Å². The van der Waals surface area contributed by atoms with Gasteiger partial charge >= 0.3 is 11.9 Å². The fourth-order valence-electron chi connectivity index (χ4n) is 1.66. The minimum absolute atomic E-state index is 0.0984. The summed E-state index contributed by atoms with van der Waals surface area (Å²) in [6, 6.07) is 3.47. The van der Waals surface area contributed by atoms with Gasteiger partial charge in [-0.1, -0.05) is 0 Å². The van der Waals surface area contributed by atoms with Gasteiger partial charge in [0.25, 0.3) is 0 Å². The second-order valence-corrected chi connectivity index (χ2v) is 4.37. The zero-order valence-electron chi connectivity index (χ0n) is 9.38. The summed E-state index contributed by atoms with van der Waals surface area (Å²) in [6.45, 7) is 0. The highest BCUT2D eigenvalue weighted by atomic mass is 79.9. The molecule has 0 bridgehead atoms. The molecule has 0 aliphatic heterocycles. The number of ether oxygens (including phenoxy) is 1. The number of aromatic nitrogens is 2. The normalized spacial score (nSPS) is 10.6. The Morgan fingerprint density at radius 3 is 2.89 bits per heavy atom. The first-order valence-electron chi connectivity index (χ1n) is 5.00. The van der Waals surface area contributed by atoms with E-state index in [1.165, 1.54) is 7.11 Å². The number of carbonyl (C=O) groups is 2. The summed E-state index contributed by atoms with van der Waals surface area (Å²) in [7, 11) is 1.25. The van der Waals surface area contributed by atoms with Crippen LogP contribution in [0.15, 0.2) is 22.8 Å². The first-order valence-corrected chi connectivity index (χ1v) is 5.79. The molecular formula is C11H9BrN2O4. The maximum absolute atomic E-state index is 11.6. The van der Waals surface area contributed by atoms with Crippen molar-refractivity contribution in [3.05, 3.63) is 34.3 Å². The van der Waals surface area contributed by atoms with Crippen LogP contribution in [0.2, 0.25) is 0 Å². The van der Waals surface area contributed by atoms with E-state index in [1.807, 2.05) is 0 Å². The van der Waals surface area contributed by atoms with E-state index in [-0.39, 0.29) is 17.9 Å². The van der Waals surface area contributed by atoms with Crippen molar-refractivity contribution in [3.8, 4) is 0 Å². The Labute approximate surface area is 110 Å². The maximum Gasteiger partial charge on any atom is 0.358 e. The zero-order valence-corrected chi connectivity index (χ0v) is 11.0. The van der Waals surface area contributed by atoms with Gasteiger partial charge in [0.05, 0.1) is 12.6 Å². The Balaban J connectivity index is 2.71. The number of hydrogen-bond acceptors (Lipinski definition) is 4. The minimum Gasteiger partial charge on any atom is -0.481 e. The van der Waals surface area contributed by atoms with Gasteiger partial charge in [0.2, 0.25) is 0 Å². The van der Waals surface area contributed by atoms with Crippen LogP contribution >= 0.6 is 15.9 Å². The van der Waals surface area contributed by atoms with Gasteiger partial charge in [0.1, 0.15) is 12.2 Å². The number of carbonyl (C=O) groups excluding carboxylic acids is 1.